The minimum Gasteiger partial charge on any atom is -0.309 e. The number of carbonyl (C=O) groups is 1. The number of carbonyl (C=O) groups excluding carboxylic acids is 1. The number of hydrogen-bond acceptors (Lipinski definition) is 8. The van der Waals surface area contributed by atoms with Gasteiger partial charge in [0.25, 0.3) is 0 Å². The molecule has 6 rings (SSSR count). The molecule has 0 radical (unpaired) electrons. The molecule has 1 aliphatic heterocycles. The largest absolute Gasteiger partial charge is 0.309 e. The Morgan fingerprint density at radius 1 is 1.12 bits per heavy atom. The molecule has 34 heavy (non-hydrogen) atoms. The van der Waals surface area contributed by atoms with Crippen molar-refractivity contribution in [2.45, 2.75) is 58.2 Å². The summed E-state index contributed by atoms with van der Waals surface area (Å²) in [7, 11) is 0. The maximum absolute atomic E-state index is 12.9. The fourth-order valence-electron chi connectivity index (χ4n) is 4.71. The molecule has 0 bridgehead atoms. The molecule has 2 N–H and O–H groups in total. The Kier molecular flexibility index (Phi) is 4.66. The van der Waals surface area contributed by atoms with Crippen LogP contribution in [0, 0.1) is 6.92 Å². The Bertz CT molecular complexity index is 1420. The number of anilines is 1. The Labute approximate surface area is 196 Å². The second-order valence-corrected chi connectivity index (χ2v) is 9.06. The van der Waals surface area contributed by atoms with Crippen molar-refractivity contribution >= 4 is 22.9 Å². The number of aryl methyl sites for hydroxylation is 2. The fraction of sp³-hybridized carbons (Fsp3) is 0.375. The highest BCUT2D eigenvalue weighted by molar-refractivity contribution is 6.05. The molecule has 172 valence electrons. The molecule has 1 unspecified atom stereocenters. The third-order valence-electron chi connectivity index (χ3n) is 6.87. The number of pyridine rings is 1. The number of nitrogens with one attached hydrogen (secondary N) is 2. The molecule has 0 saturated heterocycles. The molecule has 2 aliphatic rings. The van der Waals surface area contributed by atoms with E-state index >= 15 is 0 Å². The molecular weight excluding hydrogens is 430 g/mol. The molecule has 1 saturated carbocycles. The Hall–Kier alpha value is -3.79. The second-order valence-electron chi connectivity index (χ2n) is 9.06. The van der Waals surface area contributed by atoms with Crippen LogP contribution in [0.4, 0.5) is 5.82 Å². The number of hydrogen-bond donors (Lipinski definition) is 2. The fourth-order valence-corrected chi connectivity index (χ4v) is 4.71. The lowest BCUT2D eigenvalue weighted by Crippen LogP contribution is -2.52. The van der Waals surface area contributed by atoms with E-state index in [4.69, 9.17) is 4.98 Å². The van der Waals surface area contributed by atoms with Gasteiger partial charge in [-0.15, -0.1) is 0 Å². The minimum absolute atomic E-state index is 0.0798. The Morgan fingerprint density at radius 2 is 1.88 bits per heavy atom. The summed E-state index contributed by atoms with van der Waals surface area (Å²) in [5.41, 5.74) is 3.68. The van der Waals surface area contributed by atoms with Crippen molar-refractivity contribution in [3.63, 3.8) is 0 Å². The summed E-state index contributed by atoms with van der Waals surface area (Å²) in [6.07, 6.45) is 10.2. The topological polar surface area (TPSA) is 123 Å². The van der Waals surface area contributed by atoms with E-state index in [0.29, 0.717) is 35.4 Å². The maximum Gasteiger partial charge on any atom is 0.250 e. The molecule has 10 heteroatoms. The smallest absolute Gasteiger partial charge is 0.250 e. The maximum atomic E-state index is 12.9. The molecular formula is C24H25N9O. The molecule has 0 spiro atoms. The van der Waals surface area contributed by atoms with Crippen molar-refractivity contribution in [2.24, 2.45) is 0 Å². The van der Waals surface area contributed by atoms with E-state index < -0.39 is 5.54 Å². The van der Waals surface area contributed by atoms with Crippen LogP contribution >= 0.6 is 0 Å². The van der Waals surface area contributed by atoms with Crippen LogP contribution in [0.15, 0.2) is 31.0 Å². The lowest BCUT2D eigenvalue weighted by Gasteiger charge is -2.35. The van der Waals surface area contributed by atoms with Crippen LogP contribution in [0.1, 0.15) is 44.5 Å². The van der Waals surface area contributed by atoms with Crippen LogP contribution in [0.5, 0.6) is 0 Å². The van der Waals surface area contributed by atoms with Crippen LogP contribution < -0.4 is 10.6 Å². The van der Waals surface area contributed by atoms with Gasteiger partial charge in [0.15, 0.2) is 5.65 Å². The molecule has 4 aromatic rings. The number of nitrogens with zero attached hydrogens (tertiary/aromatic N) is 7. The van der Waals surface area contributed by atoms with E-state index in [9.17, 15) is 4.79 Å². The van der Waals surface area contributed by atoms with Crippen molar-refractivity contribution in [1.29, 1.82) is 0 Å². The van der Waals surface area contributed by atoms with Crippen molar-refractivity contribution in [3.8, 4) is 22.6 Å². The molecule has 1 fully saturated rings. The number of fused-ring (bicyclic) bond motifs is 2. The SMILES string of the molecule is CCn1c(-c2cnc(C)nc2)nc2c(-c3cnc4c(c3)C(C)(NC3CCC3)C(=O)N4)ncnc21. The second kappa shape index (κ2) is 7.63. The van der Waals surface area contributed by atoms with E-state index in [1.165, 1.54) is 6.42 Å². The summed E-state index contributed by atoms with van der Waals surface area (Å²) < 4.78 is 2.03. The van der Waals surface area contributed by atoms with Gasteiger partial charge in [-0.1, -0.05) is 6.42 Å². The average Bonchev–Trinajstić information content (AvgIpc) is 3.31. The normalized spacial score (nSPS) is 19.8. The zero-order valence-electron chi connectivity index (χ0n) is 19.3. The van der Waals surface area contributed by atoms with E-state index in [2.05, 4.69) is 35.6 Å². The van der Waals surface area contributed by atoms with Crippen molar-refractivity contribution in [3.05, 3.63) is 42.4 Å². The first-order chi connectivity index (χ1) is 16.5. The monoisotopic (exact) mass is 455 g/mol. The van der Waals surface area contributed by atoms with Gasteiger partial charge < -0.3 is 9.88 Å². The number of rotatable bonds is 5. The van der Waals surface area contributed by atoms with E-state index in [-0.39, 0.29) is 5.91 Å². The molecule has 0 aromatic carbocycles. The molecule has 5 heterocycles. The highest BCUT2D eigenvalue weighted by Crippen LogP contribution is 2.39. The van der Waals surface area contributed by atoms with Crippen LogP contribution in [0.3, 0.4) is 0 Å². The third kappa shape index (κ3) is 3.09. The zero-order valence-corrected chi connectivity index (χ0v) is 19.3. The summed E-state index contributed by atoms with van der Waals surface area (Å²) in [4.78, 5) is 40.1. The highest BCUT2D eigenvalue weighted by atomic mass is 16.2. The average molecular weight is 456 g/mol. The first-order valence-corrected chi connectivity index (χ1v) is 11.6. The molecule has 10 nitrogen and oxygen atoms in total. The van der Waals surface area contributed by atoms with Gasteiger partial charge in [0.2, 0.25) is 5.91 Å². The third-order valence-corrected chi connectivity index (χ3v) is 6.87. The predicted molar refractivity (Wildman–Crippen MR) is 127 cm³/mol. The lowest BCUT2D eigenvalue weighted by atomic mass is 9.86. The standard InChI is InChI=1S/C24H25N9O/c1-4-33-21(15-10-25-13(2)26-11-15)30-19-18(28-12-29-22(19)33)14-8-17-20(27-9-14)31-23(34)24(17,3)32-16-6-5-7-16/h8-12,16,32H,4-7H2,1-3H3,(H,27,31,34). The number of amides is 1. The first-order valence-electron chi connectivity index (χ1n) is 11.6. The van der Waals surface area contributed by atoms with Crippen molar-refractivity contribution in [2.75, 3.05) is 5.32 Å². The van der Waals surface area contributed by atoms with Crippen LogP contribution in [-0.4, -0.2) is 46.4 Å². The Morgan fingerprint density at radius 3 is 2.59 bits per heavy atom. The molecule has 4 aromatic heterocycles. The zero-order chi connectivity index (χ0) is 23.4. The van der Waals surface area contributed by atoms with Gasteiger partial charge in [-0.25, -0.2) is 29.9 Å². The number of aromatic nitrogens is 7. The van der Waals surface area contributed by atoms with Gasteiger partial charge in [0.1, 0.15) is 40.5 Å². The van der Waals surface area contributed by atoms with Gasteiger partial charge in [0, 0.05) is 42.3 Å². The Balaban J connectivity index is 1.48. The summed E-state index contributed by atoms with van der Waals surface area (Å²) in [5.74, 6) is 1.95. The van der Waals surface area contributed by atoms with Gasteiger partial charge in [-0.3, -0.25) is 10.1 Å². The molecule has 1 amide bonds. The van der Waals surface area contributed by atoms with Gasteiger partial charge in [-0.2, -0.15) is 0 Å². The predicted octanol–water partition coefficient (Wildman–Crippen LogP) is 2.98. The van der Waals surface area contributed by atoms with Gasteiger partial charge in [-0.05, 0) is 39.7 Å². The summed E-state index contributed by atoms with van der Waals surface area (Å²) in [5, 5.41) is 6.47. The van der Waals surface area contributed by atoms with Gasteiger partial charge in [0.05, 0.1) is 5.56 Å². The van der Waals surface area contributed by atoms with E-state index in [0.717, 1.165) is 41.0 Å². The van der Waals surface area contributed by atoms with Crippen LogP contribution in [0.2, 0.25) is 0 Å². The highest BCUT2D eigenvalue weighted by Gasteiger charge is 2.45. The van der Waals surface area contributed by atoms with Crippen molar-refractivity contribution in [1.82, 2.24) is 39.8 Å². The molecule has 1 aliphatic carbocycles. The first kappa shape index (κ1) is 20.8. The molecule has 1 atom stereocenters. The summed E-state index contributed by atoms with van der Waals surface area (Å²) in [6.45, 7) is 6.51. The van der Waals surface area contributed by atoms with E-state index in [1.807, 2.05) is 31.4 Å². The van der Waals surface area contributed by atoms with E-state index in [1.54, 1.807) is 24.9 Å². The lowest BCUT2D eigenvalue weighted by molar-refractivity contribution is -0.122. The minimum atomic E-state index is -0.831. The van der Waals surface area contributed by atoms with Crippen molar-refractivity contribution < 1.29 is 4.79 Å². The number of imidazole rings is 1. The summed E-state index contributed by atoms with van der Waals surface area (Å²) in [6, 6.07) is 2.34. The van der Waals surface area contributed by atoms with Crippen LogP contribution in [-0.2, 0) is 16.9 Å². The van der Waals surface area contributed by atoms with Gasteiger partial charge >= 0.3 is 0 Å². The van der Waals surface area contributed by atoms with Crippen LogP contribution in [0.25, 0.3) is 33.8 Å². The quantitative estimate of drug-likeness (QED) is 0.471. The summed E-state index contributed by atoms with van der Waals surface area (Å²) >= 11 is 0.